The summed E-state index contributed by atoms with van der Waals surface area (Å²) in [7, 11) is 0. The van der Waals surface area contributed by atoms with Crippen LogP contribution < -0.4 is 5.32 Å². The minimum Gasteiger partial charge on any atom is -0.385 e. The van der Waals surface area contributed by atoms with Gasteiger partial charge in [0.05, 0.1) is 18.8 Å². The number of ether oxygens (including phenoxy) is 1. The van der Waals surface area contributed by atoms with Crippen LogP contribution in [0.15, 0.2) is 28.9 Å². The van der Waals surface area contributed by atoms with Crippen molar-refractivity contribution in [1.29, 1.82) is 0 Å². The molecule has 1 aliphatic carbocycles. The average Bonchev–Trinajstić information content (AvgIpc) is 3.27. The molecule has 2 N–H and O–H groups in total. The Morgan fingerprint density at radius 3 is 2.81 bits per heavy atom. The van der Waals surface area contributed by atoms with Crippen molar-refractivity contribution in [3.8, 4) is 0 Å². The summed E-state index contributed by atoms with van der Waals surface area (Å²) in [5.41, 5.74) is 0.974. The number of nitrogens with zero attached hydrogens (tertiary/aromatic N) is 1. The lowest BCUT2D eigenvalue weighted by molar-refractivity contribution is -0.182. The van der Waals surface area contributed by atoms with Gasteiger partial charge < -0.3 is 19.7 Å². The first kappa shape index (κ1) is 19.0. The van der Waals surface area contributed by atoms with E-state index in [-0.39, 0.29) is 5.91 Å². The highest BCUT2D eigenvalue weighted by Crippen LogP contribution is 2.31. The third-order valence-corrected chi connectivity index (χ3v) is 6.63. The Balaban J connectivity index is 1.49. The molecule has 2 heterocycles. The molecule has 27 heavy (non-hydrogen) atoms. The molecule has 6 heteroatoms. The van der Waals surface area contributed by atoms with Crippen LogP contribution in [0.5, 0.6) is 0 Å². The average molecular weight is 435 g/mol. The second-order valence-electron chi connectivity index (χ2n) is 8.03. The molecule has 0 radical (unpaired) electrons. The first-order valence-electron chi connectivity index (χ1n) is 9.91. The van der Waals surface area contributed by atoms with Gasteiger partial charge in [-0.05, 0) is 30.9 Å². The molecule has 0 unspecified atom stereocenters. The van der Waals surface area contributed by atoms with Gasteiger partial charge in [-0.15, -0.1) is 0 Å². The lowest BCUT2D eigenvalue weighted by atomic mass is 9.98. The van der Waals surface area contributed by atoms with E-state index < -0.39 is 5.60 Å². The number of halogens is 1. The number of rotatable bonds is 7. The lowest BCUT2D eigenvalue weighted by Gasteiger charge is -2.36. The summed E-state index contributed by atoms with van der Waals surface area (Å²) in [6.07, 6.45) is 8.86. The molecule has 4 rings (SSSR count). The molecule has 2 fully saturated rings. The highest BCUT2D eigenvalue weighted by Gasteiger charge is 2.35. The minimum atomic E-state index is -0.730. The molecule has 0 bridgehead atoms. The summed E-state index contributed by atoms with van der Waals surface area (Å²) in [5, 5.41) is 14.4. The molecular formula is C21H27BrN2O3. The van der Waals surface area contributed by atoms with Crippen molar-refractivity contribution in [1.82, 2.24) is 9.88 Å². The van der Waals surface area contributed by atoms with Crippen LogP contribution in [0.2, 0.25) is 0 Å². The van der Waals surface area contributed by atoms with Gasteiger partial charge in [0.2, 0.25) is 0 Å². The highest BCUT2D eigenvalue weighted by atomic mass is 79.9. The smallest absolute Gasteiger partial charge is 0.253 e. The number of hydrogen-bond acceptors (Lipinski definition) is 3. The fraction of sp³-hybridized carbons (Fsp3) is 0.571. The second kappa shape index (κ2) is 7.94. The lowest BCUT2D eigenvalue weighted by Crippen LogP contribution is -2.50. The first-order chi connectivity index (χ1) is 13.1. The zero-order valence-electron chi connectivity index (χ0n) is 15.5. The van der Waals surface area contributed by atoms with Crippen LogP contribution in [0, 0.1) is 5.92 Å². The minimum absolute atomic E-state index is 0.0191. The number of benzene rings is 1. The summed E-state index contributed by atoms with van der Waals surface area (Å²) in [6.45, 7) is 2.18. The Morgan fingerprint density at radius 2 is 2.11 bits per heavy atom. The van der Waals surface area contributed by atoms with Crippen molar-refractivity contribution < 1.29 is 14.6 Å². The number of aliphatic hydroxyl groups is 1. The van der Waals surface area contributed by atoms with E-state index in [1.807, 2.05) is 24.4 Å². The van der Waals surface area contributed by atoms with Gasteiger partial charge >= 0.3 is 0 Å². The molecule has 1 aromatic carbocycles. The number of carbonyl (C=O) groups excluding carboxylic acids is 1. The van der Waals surface area contributed by atoms with Crippen LogP contribution in [0.4, 0.5) is 0 Å². The Kier molecular flexibility index (Phi) is 5.58. The Hall–Kier alpha value is -1.37. The molecule has 5 nitrogen and oxygen atoms in total. The molecule has 146 valence electrons. The number of carbonyl (C=O) groups is 1. The summed E-state index contributed by atoms with van der Waals surface area (Å²) in [4.78, 5) is 12.9. The number of amides is 1. The SMILES string of the molecule is O=C(NCCC1CCCC1)c1cn(CCC2(O)COC2)c2cccc(Br)c12. The van der Waals surface area contributed by atoms with E-state index in [1.54, 1.807) is 0 Å². The maximum atomic E-state index is 12.9. The van der Waals surface area contributed by atoms with E-state index in [2.05, 4.69) is 25.8 Å². The Labute approximate surface area is 168 Å². The molecule has 1 amide bonds. The molecule has 2 aliphatic rings. The van der Waals surface area contributed by atoms with E-state index >= 15 is 0 Å². The topological polar surface area (TPSA) is 63.5 Å². The van der Waals surface area contributed by atoms with Crippen molar-refractivity contribution >= 4 is 32.7 Å². The normalized spacial score (nSPS) is 19.3. The fourth-order valence-corrected chi connectivity index (χ4v) is 4.83. The summed E-state index contributed by atoms with van der Waals surface area (Å²) >= 11 is 3.60. The number of nitrogens with one attached hydrogen (secondary N) is 1. The van der Waals surface area contributed by atoms with E-state index in [9.17, 15) is 9.90 Å². The maximum absolute atomic E-state index is 12.9. The molecule has 0 atom stereocenters. The van der Waals surface area contributed by atoms with Gasteiger partial charge in [-0.2, -0.15) is 0 Å². The molecule has 1 aliphatic heterocycles. The van der Waals surface area contributed by atoms with Crippen LogP contribution in [0.3, 0.4) is 0 Å². The number of aryl methyl sites for hydroxylation is 1. The molecular weight excluding hydrogens is 408 g/mol. The maximum Gasteiger partial charge on any atom is 0.253 e. The van der Waals surface area contributed by atoms with Crippen molar-refractivity contribution in [2.24, 2.45) is 5.92 Å². The highest BCUT2D eigenvalue weighted by molar-refractivity contribution is 9.10. The number of fused-ring (bicyclic) bond motifs is 1. The van der Waals surface area contributed by atoms with Gasteiger partial charge in [0.25, 0.3) is 5.91 Å². The molecule has 1 saturated heterocycles. The van der Waals surface area contributed by atoms with Gasteiger partial charge in [-0.3, -0.25) is 4.79 Å². The number of aromatic nitrogens is 1. The van der Waals surface area contributed by atoms with Gasteiger partial charge in [0, 0.05) is 34.7 Å². The second-order valence-corrected chi connectivity index (χ2v) is 8.89. The molecule has 1 saturated carbocycles. The Bertz CT molecular complexity index is 822. The van der Waals surface area contributed by atoms with Crippen LogP contribution in [-0.4, -0.2) is 40.9 Å². The van der Waals surface area contributed by atoms with Crippen molar-refractivity contribution in [3.05, 3.63) is 34.4 Å². The van der Waals surface area contributed by atoms with Crippen LogP contribution in [0.1, 0.15) is 48.9 Å². The van der Waals surface area contributed by atoms with Gasteiger partial charge in [-0.25, -0.2) is 0 Å². The zero-order chi connectivity index (χ0) is 18.9. The van der Waals surface area contributed by atoms with E-state index in [1.165, 1.54) is 25.7 Å². The van der Waals surface area contributed by atoms with Crippen molar-refractivity contribution in [2.75, 3.05) is 19.8 Å². The van der Waals surface area contributed by atoms with Crippen LogP contribution >= 0.6 is 15.9 Å². The Morgan fingerprint density at radius 1 is 1.33 bits per heavy atom. The predicted octanol–water partition coefficient (Wildman–Crippen LogP) is 3.87. The van der Waals surface area contributed by atoms with Crippen molar-refractivity contribution in [2.45, 2.75) is 50.7 Å². The fourth-order valence-electron chi connectivity index (χ4n) is 4.26. The summed E-state index contributed by atoms with van der Waals surface area (Å²) in [6, 6.07) is 5.97. The zero-order valence-corrected chi connectivity index (χ0v) is 17.1. The van der Waals surface area contributed by atoms with Gasteiger partial charge in [0.15, 0.2) is 0 Å². The first-order valence-corrected chi connectivity index (χ1v) is 10.7. The van der Waals surface area contributed by atoms with E-state index in [4.69, 9.17) is 4.74 Å². The largest absolute Gasteiger partial charge is 0.385 e. The third-order valence-electron chi connectivity index (χ3n) is 5.97. The molecule has 2 aromatic rings. The predicted molar refractivity (Wildman–Crippen MR) is 109 cm³/mol. The van der Waals surface area contributed by atoms with Crippen molar-refractivity contribution in [3.63, 3.8) is 0 Å². The molecule has 1 aromatic heterocycles. The third kappa shape index (κ3) is 4.08. The summed E-state index contributed by atoms with van der Waals surface area (Å²) < 4.78 is 8.13. The monoisotopic (exact) mass is 434 g/mol. The molecule has 0 spiro atoms. The number of hydrogen-bond donors (Lipinski definition) is 2. The van der Waals surface area contributed by atoms with E-state index in [0.29, 0.717) is 31.7 Å². The van der Waals surface area contributed by atoms with Gasteiger partial charge in [-0.1, -0.05) is 47.7 Å². The van der Waals surface area contributed by atoms with Gasteiger partial charge in [0.1, 0.15) is 5.60 Å². The standard InChI is InChI=1S/C21H27BrN2O3/c22-17-6-3-7-18-19(17)16(12-24(18)11-9-21(26)13-27-14-21)20(25)23-10-8-15-4-1-2-5-15/h3,6-7,12,15,26H,1-2,4-5,8-11,13-14H2,(H,23,25). The summed E-state index contributed by atoms with van der Waals surface area (Å²) in [5.74, 6) is 0.748. The van der Waals surface area contributed by atoms with Crippen LogP contribution in [0.25, 0.3) is 10.9 Å². The van der Waals surface area contributed by atoms with E-state index in [0.717, 1.165) is 34.3 Å². The van der Waals surface area contributed by atoms with Crippen LogP contribution in [-0.2, 0) is 11.3 Å². The quantitative estimate of drug-likeness (QED) is 0.694.